The Balaban J connectivity index is 1.58. The molecule has 0 atom stereocenters. The number of anilines is 2. The molecular weight excluding hydrogens is 370 g/mol. The number of hydrogen-bond acceptors (Lipinski definition) is 5. The first-order valence-corrected chi connectivity index (χ1v) is 9.79. The summed E-state index contributed by atoms with van der Waals surface area (Å²) in [6, 6.07) is 14.5. The van der Waals surface area contributed by atoms with Crippen molar-refractivity contribution < 1.29 is 19.1 Å². The molecule has 0 bridgehead atoms. The smallest absolute Gasteiger partial charge is 0.254 e. The van der Waals surface area contributed by atoms with Crippen LogP contribution in [0.5, 0.6) is 5.75 Å². The maximum atomic E-state index is 12.6. The van der Waals surface area contributed by atoms with Gasteiger partial charge >= 0.3 is 0 Å². The van der Waals surface area contributed by atoms with Crippen LogP contribution in [0.15, 0.2) is 48.5 Å². The van der Waals surface area contributed by atoms with E-state index in [9.17, 15) is 9.59 Å². The van der Waals surface area contributed by atoms with Gasteiger partial charge in [-0.1, -0.05) is 18.2 Å². The molecule has 2 amide bonds. The number of carbonyl (C=O) groups is 2. The number of hydrogen-bond donors (Lipinski definition) is 2. The number of morpholine rings is 1. The SMILES string of the molecule is CC(C)Oc1ccccc1NCC(=O)Nc1cccc(C(=O)N2CCOCC2)c1. The molecule has 1 saturated heterocycles. The Kier molecular flexibility index (Phi) is 7.08. The lowest BCUT2D eigenvalue weighted by atomic mass is 10.1. The molecule has 2 aromatic rings. The lowest BCUT2D eigenvalue weighted by molar-refractivity contribution is -0.114. The number of benzene rings is 2. The minimum Gasteiger partial charge on any atom is -0.489 e. The van der Waals surface area contributed by atoms with Crippen molar-refractivity contribution in [2.24, 2.45) is 0 Å². The second kappa shape index (κ2) is 9.93. The standard InChI is InChI=1S/C22H27N3O4/c1-16(2)29-20-9-4-3-8-19(20)23-15-21(26)24-18-7-5-6-17(14-18)22(27)25-10-12-28-13-11-25/h3-9,14,16,23H,10-13,15H2,1-2H3,(H,24,26). The summed E-state index contributed by atoms with van der Waals surface area (Å²) in [5.41, 5.74) is 1.89. The Labute approximate surface area is 171 Å². The van der Waals surface area contributed by atoms with E-state index in [0.29, 0.717) is 43.3 Å². The maximum absolute atomic E-state index is 12.6. The van der Waals surface area contributed by atoms with E-state index in [-0.39, 0.29) is 24.5 Å². The summed E-state index contributed by atoms with van der Waals surface area (Å²) in [5, 5.41) is 5.93. The van der Waals surface area contributed by atoms with Crippen LogP contribution in [0.25, 0.3) is 0 Å². The lowest BCUT2D eigenvalue weighted by Gasteiger charge is -2.27. The van der Waals surface area contributed by atoms with E-state index in [0.717, 1.165) is 5.69 Å². The zero-order valence-corrected chi connectivity index (χ0v) is 16.8. The molecule has 2 N–H and O–H groups in total. The van der Waals surface area contributed by atoms with Gasteiger partial charge in [0.25, 0.3) is 5.91 Å². The summed E-state index contributed by atoms with van der Waals surface area (Å²) in [6.45, 7) is 6.25. The average molecular weight is 397 g/mol. The van der Waals surface area contributed by atoms with Crippen LogP contribution in [0.3, 0.4) is 0 Å². The van der Waals surface area contributed by atoms with Crippen molar-refractivity contribution in [3.05, 3.63) is 54.1 Å². The molecule has 0 saturated carbocycles. The van der Waals surface area contributed by atoms with E-state index in [1.807, 2.05) is 38.1 Å². The third-order valence-electron chi connectivity index (χ3n) is 4.38. The van der Waals surface area contributed by atoms with Crippen LogP contribution in [0, 0.1) is 0 Å². The highest BCUT2D eigenvalue weighted by Gasteiger charge is 2.18. The summed E-state index contributed by atoms with van der Waals surface area (Å²) in [7, 11) is 0. The zero-order chi connectivity index (χ0) is 20.6. The molecule has 1 aliphatic rings. The Morgan fingerprint density at radius 1 is 1.10 bits per heavy atom. The van der Waals surface area contributed by atoms with Gasteiger partial charge in [0.2, 0.25) is 5.91 Å². The van der Waals surface area contributed by atoms with Crippen LogP contribution >= 0.6 is 0 Å². The van der Waals surface area contributed by atoms with Crippen molar-refractivity contribution in [1.29, 1.82) is 0 Å². The number of nitrogens with one attached hydrogen (secondary N) is 2. The van der Waals surface area contributed by atoms with Gasteiger partial charge in [-0.25, -0.2) is 0 Å². The van der Waals surface area contributed by atoms with Gasteiger partial charge in [0.1, 0.15) is 5.75 Å². The highest BCUT2D eigenvalue weighted by Crippen LogP contribution is 2.24. The second-order valence-electron chi connectivity index (χ2n) is 7.05. The summed E-state index contributed by atoms with van der Waals surface area (Å²) < 4.78 is 11.0. The fourth-order valence-corrected chi connectivity index (χ4v) is 3.03. The maximum Gasteiger partial charge on any atom is 0.254 e. The van der Waals surface area contributed by atoms with Gasteiger partial charge in [0, 0.05) is 24.3 Å². The molecule has 0 aliphatic carbocycles. The van der Waals surface area contributed by atoms with Crippen molar-refractivity contribution in [3.63, 3.8) is 0 Å². The predicted octanol–water partition coefficient (Wildman–Crippen LogP) is 3.00. The van der Waals surface area contributed by atoms with Crippen molar-refractivity contribution in [3.8, 4) is 5.75 Å². The lowest BCUT2D eigenvalue weighted by Crippen LogP contribution is -2.40. The van der Waals surface area contributed by atoms with Crippen LogP contribution in [0.2, 0.25) is 0 Å². The van der Waals surface area contributed by atoms with Crippen molar-refractivity contribution in [2.75, 3.05) is 43.5 Å². The summed E-state index contributed by atoms with van der Waals surface area (Å²) >= 11 is 0. The van der Waals surface area contributed by atoms with Gasteiger partial charge in [-0.3, -0.25) is 9.59 Å². The first kappa shape index (κ1) is 20.7. The van der Waals surface area contributed by atoms with Crippen LogP contribution in [-0.2, 0) is 9.53 Å². The number of para-hydroxylation sites is 2. The first-order valence-electron chi connectivity index (χ1n) is 9.79. The highest BCUT2D eigenvalue weighted by atomic mass is 16.5. The first-order chi connectivity index (χ1) is 14.0. The van der Waals surface area contributed by atoms with Gasteiger partial charge < -0.3 is 25.0 Å². The van der Waals surface area contributed by atoms with E-state index in [4.69, 9.17) is 9.47 Å². The normalized spacial score (nSPS) is 13.8. The number of nitrogens with zero attached hydrogens (tertiary/aromatic N) is 1. The number of amides is 2. The molecule has 7 nitrogen and oxygen atoms in total. The number of carbonyl (C=O) groups excluding carboxylic acids is 2. The molecule has 1 fully saturated rings. The minimum absolute atomic E-state index is 0.0403. The van der Waals surface area contributed by atoms with Crippen LogP contribution < -0.4 is 15.4 Å². The monoisotopic (exact) mass is 397 g/mol. The summed E-state index contributed by atoms with van der Waals surface area (Å²) in [6.07, 6.45) is 0.0403. The Morgan fingerprint density at radius 2 is 1.86 bits per heavy atom. The fraction of sp³-hybridized carbons (Fsp3) is 0.364. The van der Waals surface area contributed by atoms with Gasteiger partial charge in [-0.15, -0.1) is 0 Å². The molecule has 3 rings (SSSR count). The Hall–Kier alpha value is -3.06. The van der Waals surface area contributed by atoms with Gasteiger partial charge in [0.05, 0.1) is 31.5 Å². The van der Waals surface area contributed by atoms with E-state index < -0.39 is 0 Å². The quantitative estimate of drug-likeness (QED) is 0.751. The van der Waals surface area contributed by atoms with Crippen molar-refractivity contribution in [1.82, 2.24) is 4.90 Å². The zero-order valence-electron chi connectivity index (χ0n) is 16.8. The van der Waals surface area contributed by atoms with Gasteiger partial charge in [-0.05, 0) is 44.2 Å². The third-order valence-corrected chi connectivity index (χ3v) is 4.38. The second-order valence-corrected chi connectivity index (χ2v) is 7.05. The largest absolute Gasteiger partial charge is 0.489 e. The molecule has 0 aromatic heterocycles. The predicted molar refractivity (Wildman–Crippen MR) is 112 cm³/mol. The van der Waals surface area contributed by atoms with Crippen LogP contribution in [0.1, 0.15) is 24.2 Å². The molecule has 0 unspecified atom stereocenters. The van der Waals surface area contributed by atoms with E-state index in [1.165, 1.54) is 0 Å². The molecule has 0 radical (unpaired) electrons. The number of rotatable bonds is 7. The Morgan fingerprint density at radius 3 is 2.62 bits per heavy atom. The van der Waals surface area contributed by atoms with Crippen molar-refractivity contribution >= 4 is 23.2 Å². The third kappa shape index (κ3) is 5.96. The van der Waals surface area contributed by atoms with Crippen LogP contribution in [-0.4, -0.2) is 55.7 Å². The molecule has 1 heterocycles. The molecule has 154 valence electrons. The molecule has 0 spiro atoms. The summed E-state index contributed by atoms with van der Waals surface area (Å²) in [4.78, 5) is 26.7. The van der Waals surface area contributed by atoms with Crippen LogP contribution in [0.4, 0.5) is 11.4 Å². The van der Waals surface area contributed by atoms with Crippen molar-refractivity contribution in [2.45, 2.75) is 20.0 Å². The van der Waals surface area contributed by atoms with E-state index >= 15 is 0 Å². The van der Waals surface area contributed by atoms with Gasteiger partial charge in [0.15, 0.2) is 0 Å². The molecule has 1 aliphatic heterocycles. The summed E-state index contributed by atoms with van der Waals surface area (Å²) in [5.74, 6) is 0.441. The van der Waals surface area contributed by atoms with E-state index in [1.54, 1.807) is 29.2 Å². The molecule has 7 heteroatoms. The highest BCUT2D eigenvalue weighted by molar-refractivity contribution is 5.98. The topological polar surface area (TPSA) is 79.9 Å². The minimum atomic E-state index is -0.208. The van der Waals surface area contributed by atoms with E-state index in [2.05, 4.69) is 10.6 Å². The number of ether oxygens (including phenoxy) is 2. The molecule has 2 aromatic carbocycles. The van der Waals surface area contributed by atoms with Gasteiger partial charge in [-0.2, -0.15) is 0 Å². The average Bonchev–Trinajstić information content (AvgIpc) is 2.73. The fourth-order valence-electron chi connectivity index (χ4n) is 3.03. The molecule has 29 heavy (non-hydrogen) atoms. The Bertz CT molecular complexity index is 847. The molecular formula is C22H27N3O4.